The molecule has 2 N–H and O–H groups in total. The largest absolute Gasteiger partial charge is 0.325 e. The van der Waals surface area contributed by atoms with Crippen LogP contribution in [0.3, 0.4) is 0 Å². The second kappa shape index (κ2) is 8.02. The Morgan fingerprint density at radius 3 is 2.53 bits per heavy atom. The van der Waals surface area contributed by atoms with E-state index in [-0.39, 0.29) is 5.69 Å². The van der Waals surface area contributed by atoms with E-state index in [1.54, 1.807) is 30.8 Å². The van der Waals surface area contributed by atoms with Crippen LogP contribution in [0.25, 0.3) is 5.69 Å². The van der Waals surface area contributed by atoms with Gasteiger partial charge < -0.3 is 10.6 Å². The zero-order valence-electron chi connectivity index (χ0n) is 19.0. The maximum Gasteiger partial charge on any atom is 0.325 e. The number of anilines is 1. The van der Waals surface area contributed by atoms with Crippen molar-refractivity contribution in [1.29, 1.82) is 0 Å². The third-order valence-electron chi connectivity index (χ3n) is 6.77. The van der Waals surface area contributed by atoms with Gasteiger partial charge in [-0.15, -0.1) is 0 Å². The smallest absolute Gasteiger partial charge is 0.319 e. The topological polar surface area (TPSA) is 105 Å². The lowest BCUT2D eigenvalue weighted by molar-refractivity contribution is -0.134. The van der Waals surface area contributed by atoms with Crippen molar-refractivity contribution in [2.45, 2.75) is 31.7 Å². The number of hydrogen-bond acceptors (Lipinski definition) is 4. The van der Waals surface area contributed by atoms with Crippen molar-refractivity contribution >= 4 is 23.5 Å². The summed E-state index contributed by atoms with van der Waals surface area (Å²) < 4.78 is 3.10. The first-order chi connectivity index (χ1) is 16.3. The first-order valence-corrected chi connectivity index (χ1v) is 11.2. The average molecular weight is 460 g/mol. The summed E-state index contributed by atoms with van der Waals surface area (Å²) in [6, 6.07) is 16.0. The third kappa shape index (κ3) is 3.23. The summed E-state index contributed by atoms with van der Waals surface area (Å²) in [7, 11) is 1.72. The Labute approximate surface area is 196 Å². The normalized spacial score (nSPS) is 19.3. The molecule has 1 spiro atoms. The Kier molecular flexibility index (Phi) is 5.11. The number of rotatable bonds is 4. The van der Waals surface area contributed by atoms with Gasteiger partial charge in [0.25, 0.3) is 11.5 Å². The van der Waals surface area contributed by atoms with Gasteiger partial charge in [0.15, 0.2) is 0 Å². The highest BCUT2D eigenvalue weighted by Crippen LogP contribution is 2.39. The fraction of sp³-hybridized carbons (Fsp3) is 0.280. The maximum atomic E-state index is 13.4. The monoisotopic (exact) mass is 459 g/mol. The van der Waals surface area contributed by atoms with E-state index in [9.17, 15) is 19.2 Å². The van der Waals surface area contributed by atoms with Crippen LogP contribution in [-0.2, 0) is 28.6 Å². The fourth-order valence-corrected chi connectivity index (χ4v) is 4.99. The van der Waals surface area contributed by atoms with Gasteiger partial charge in [-0.25, -0.2) is 9.48 Å². The van der Waals surface area contributed by atoms with Crippen LogP contribution < -0.4 is 16.2 Å². The zero-order chi connectivity index (χ0) is 24.0. The molecule has 9 nitrogen and oxygen atoms in total. The van der Waals surface area contributed by atoms with Crippen molar-refractivity contribution in [1.82, 2.24) is 19.6 Å². The Morgan fingerprint density at radius 1 is 1.06 bits per heavy atom. The van der Waals surface area contributed by atoms with E-state index < -0.39 is 35.5 Å². The summed E-state index contributed by atoms with van der Waals surface area (Å²) in [5, 5.41) is 5.46. The Hall–Kier alpha value is -4.14. The molecule has 0 unspecified atom stereocenters. The molecule has 1 saturated heterocycles. The van der Waals surface area contributed by atoms with Crippen LogP contribution in [-0.4, -0.2) is 38.7 Å². The zero-order valence-corrected chi connectivity index (χ0v) is 19.0. The van der Waals surface area contributed by atoms with E-state index >= 15 is 0 Å². The number of carbonyl (C=O) groups is 3. The predicted molar refractivity (Wildman–Crippen MR) is 126 cm³/mol. The Balaban J connectivity index is 1.39. The molecule has 5 rings (SSSR count). The van der Waals surface area contributed by atoms with Crippen LogP contribution in [0.15, 0.2) is 59.4 Å². The molecular weight excluding hydrogens is 434 g/mol. The minimum Gasteiger partial charge on any atom is -0.319 e. The summed E-state index contributed by atoms with van der Waals surface area (Å²) in [5.41, 5.74) is 1.59. The van der Waals surface area contributed by atoms with Gasteiger partial charge in [0, 0.05) is 7.05 Å². The number of fused-ring (bicyclic) bond motifs is 2. The van der Waals surface area contributed by atoms with Crippen LogP contribution >= 0.6 is 0 Å². The number of hydrogen-bond donors (Lipinski definition) is 2. The molecular formula is C25H25N5O4. The molecule has 174 valence electrons. The van der Waals surface area contributed by atoms with Crippen molar-refractivity contribution in [2.75, 3.05) is 11.9 Å². The number of benzene rings is 2. The molecule has 0 radical (unpaired) electrons. The summed E-state index contributed by atoms with van der Waals surface area (Å²) in [6.07, 6.45) is 2.07. The Bertz CT molecular complexity index is 1370. The molecule has 0 bridgehead atoms. The maximum absolute atomic E-state index is 13.4. The van der Waals surface area contributed by atoms with E-state index in [4.69, 9.17) is 0 Å². The second-order valence-corrected chi connectivity index (χ2v) is 8.72. The summed E-state index contributed by atoms with van der Waals surface area (Å²) in [5.74, 6) is -1.05. The van der Waals surface area contributed by atoms with E-state index in [2.05, 4.69) is 10.6 Å². The van der Waals surface area contributed by atoms with Crippen LogP contribution in [0.2, 0.25) is 0 Å². The first kappa shape index (κ1) is 21.7. The van der Waals surface area contributed by atoms with Gasteiger partial charge in [-0.3, -0.25) is 24.0 Å². The standard InChI is InChI=1S/C25H25N5O4/c1-16-21(22(32)30(28(16)2)18-11-4-3-5-12-18)26-20(31)15-29-23(33)25(27-24(29)34)14-8-10-17-9-6-7-13-19(17)25/h3-7,9,11-13H,8,10,14-15H2,1-2H3,(H,26,31)(H,27,34)/t25-/m0/s1. The molecule has 4 amide bonds. The highest BCUT2D eigenvalue weighted by molar-refractivity contribution is 6.10. The number of nitrogens with one attached hydrogen (secondary N) is 2. The van der Waals surface area contributed by atoms with Crippen molar-refractivity contribution in [2.24, 2.45) is 7.05 Å². The lowest BCUT2D eigenvalue weighted by atomic mass is 9.76. The van der Waals surface area contributed by atoms with Crippen molar-refractivity contribution in [3.63, 3.8) is 0 Å². The van der Waals surface area contributed by atoms with E-state index in [1.165, 1.54) is 4.68 Å². The molecule has 9 heteroatoms. The number of amides is 4. The number of urea groups is 1. The first-order valence-electron chi connectivity index (χ1n) is 11.2. The number of para-hydroxylation sites is 1. The van der Waals surface area contributed by atoms with Gasteiger partial charge in [0.05, 0.1) is 11.4 Å². The minimum atomic E-state index is -1.14. The van der Waals surface area contributed by atoms with Crippen LogP contribution in [0.1, 0.15) is 29.7 Å². The van der Waals surface area contributed by atoms with Gasteiger partial charge in [0.1, 0.15) is 17.8 Å². The average Bonchev–Trinajstić information content (AvgIpc) is 3.19. The highest BCUT2D eigenvalue weighted by atomic mass is 16.2. The van der Waals surface area contributed by atoms with Crippen molar-refractivity contribution < 1.29 is 14.4 Å². The Morgan fingerprint density at radius 2 is 1.76 bits per heavy atom. The molecule has 2 aliphatic rings. The molecule has 34 heavy (non-hydrogen) atoms. The quantitative estimate of drug-likeness (QED) is 0.584. The van der Waals surface area contributed by atoms with Crippen molar-refractivity contribution in [3.8, 4) is 5.69 Å². The van der Waals surface area contributed by atoms with Gasteiger partial charge in [-0.05, 0) is 49.4 Å². The molecule has 2 aromatic carbocycles. The van der Waals surface area contributed by atoms with Gasteiger partial charge in [0.2, 0.25) is 5.91 Å². The van der Waals surface area contributed by atoms with Gasteiger partial charge >= 0.3 is 6.03 Å². The number of nitrogens with zero attached hydrogens (tertiary/aromatic N) is 3. The molecule has 1 aliphatic heterocycles. The van der Waals surface area contributed by atoms with Gasteiger partial charge in [-0.2, -0.15) is 0 Å². The molecule has 1 atom stereocenters. The number of aryl methyl sites for hydroxylation is 1. The molecule has 1 fully saturated rings. The SMILES string of the molecule is Cc1c(NC(=O)CN2C(=O)N[C@]3(CCCc4ccccc43)C2=O)c(=O)n(-c2ccccc2)n1C. The highest BCUT2D eigenvalue weighted by Gasteiger charge is 2.54. The third-order valence-corrected chi connectivity index (χ3v) is 6.77. The van der Waals surface area contributed by atoms with Crippen LogP contribution in [0.5, 0.6) is 0 Å². The number of carbonyl (C=O) groups excluding carboxylic acids is 3. The minimum absolute atomic E-state index is 0.112. The number of aromatic nitrogens is 2. The molecule has 0 saturated carbocycles. The second-order valence-electron chi connectivity index (χ2n) is 8.72. The summed E-state index contributed by atoms with van der Waals surface area (Å²) >= 11 is 0. The van der Waals surface area contributed by atoms with E-state index in [1.807, 2.05) is 42.5 Å². The summed E-state index contributed by atoms with van der Waals surface area (Å²) in [4.78, 5) is 53.1. The molecule has 1 aliphatic carbocycles. The van der Waals surface area contributed by atoms with E-state index in [0.717, 1.165) is 28.9 Å². The van der Waals surface area contributed by atoms with Crippen LogP contribution in [0, 0.1) is 6.92 Å². The lowest BCUT2D eigenvalue weighted by Crippen LogP contribution is -2.47. The predicted octanol–water partition coefficient (Wildman–Crippen LogP) is 2.21. The van der Waals surface area contributed by atoms with Crippen molar-refractivity contribution in [3.05, 3.63) is 81.8 Å². The van der Waals surface area contributed by atoms with Gasteiger partial charge in [-0.1, -0.05) is 42.5 Å². The van der Waals surface area contributed by atoms with E-state index in [0.29, 0.717) is 17.8 Å². The number of imide groups is 1. The van der Waals surface area contributed by atoms with Crippen LogP contribution in [0.4, 0.5) is 10.5 Å². The lowest BCUT2D eigenvalue weighted by Gasteiger charge is -2.33. The molecule has 2 heterocycles. The molecule has 1 aromatic heterocycles. The summed E-state index contributed by atoms with van der Waals surface area (Å²) in [6.45, 7) is 1.24. The fourth-order valence-electron chi connectivity index (χ4n) is 4.99. The molecule has 3 aromatic rings.